The molecular formula is C7H7N3OS. The molecule has 62 valence electrons. The third-order valence-corrected chi connectivity index (χ3v) is 2.04. The van der Waals surface area contributed by atoms with Crippen LogP contribution in [0.4, 0.5) is 0 Å². The van der Waals surface area contributed by atoms with E-state index in [2.05, 4.69) is 10.1 Å². The molecule has 2 N–H and O–H groups in total. The first-order valence-corrected chi connectivity index (χ1v) is 4.38. The Morgan fingerprint density at radius 3 is 3.08 bits per heavy atom. The van der Waals surface area contributed by atoms with Crippen molar-refractivity contribution in [2.45, 2.75) is 6.54 Å². The van der Waals surface area contributed by atoms with Crippen molar-refractivity contribution < 1.29 is 4.52 Å². The van der Waals surface area contributed by atoms with E-state index in [1.165, 1.54) is 11.3 Å². The van der Waals surface area contributed by atoms with Crippen LogP contribution >= 0.6 is 11.3 Å². The van der Waals surface area contributed by atoms with Crippen LogP contribution in [0.3, 0.4) is 0 Å². The van der Waals surface area contributed by atoms with Gasteiger partial charge in [0.05, 0.1) is 11.2 Å². The predicted octanol–water partition coefficient (Wildman–Crippen LogP) is 1.26. The van der Waals surface area contributed by atoms with E-state index in [0.29, 0.717) is 12.3 Å². The minimum Gasteiger partial charge on any atom is -0.354 e. The lowest BCUT2D eigenvalue weighted by Gasteiger charge is -1.82. The second-order valence-corrected chi connectivity index (χ2v) is 2.98. The van der Waals surface area contributed by atoms with E-state index in [4.69, 9.17) is 10.3 Å². The molecule has 0 radical (unpaired) electrons. The van der Waals surface area contributed by atoms with Gasteiger partial charge in [-0.15, -0.1) is 11.3 Å². The van der Waals surface area contributed by atoms with Gasteiger partial charge in [0.25, 0.3) is 0 Å². The van der Waals surface area contributed by atoms with Crippen LogP contribution in [0, 0.1) is 0 Å². The van der Waals surface area contributed by atoms with E-state index in [0.717, 1.165) is 11.4 Å². The fraction of sp³-hybridized carbons (Fsp3) is 0.143. The molecule has 4 nitrogen and oxygen atoms in total. The molecule has 0 aliphatic rings. The SMILES string of the molecule is NCc1cc(-c2cscn2)on1. The highest BCUT2D eigenvalue weighted by Crippen LogP contribution is 2.19. The summed E-state index contributed by atoms with van der Waals surface area (Å²) in [7, 11) is 0. The maximum Gasteiger partial charge on any atom is 0.186 e. The fourth-order valence-electron chi connectivity index (χ4n) is 0.863. The van der Waals surface area contributed by atoms with Crippen LogP contribution in [-0.2, 0) is 6.54 Å². The van der Waals surface area contributed by atoms with Gasteiger partial charge in [-0.1, -0.05) is 5.16 Å². The van der Waals surface area contributed by atoms with Gasteiger partial charge in [0, 0.05) is 18.0 Å². The first-order valence-electron chi connectivity index (χ1n) is 3.44. The minimum atomic E-state index is 0.396. The molecule has 0 aromatic carbocycles. The van der Waals surface area contributed by atoms with E-state index in [1.54, 1.807) is 11.6 Å². The average molecular weight is 181 g/mol. The Hall–Kier alpha value is -1.20. The standard InChI is InChI=1S/C7H7N3OS/c8-2-5-1-7(11-10-5)6-3-12-4-9-6/h1,3-4H,2,8H2. The number of aromatic nitrogens is 2. The van der Waals surface area contributed by atoms with Gasteiger partial charge in [-0.2, -0.15) is 0 Å². The highest BCUT2D eigenvalue weighted by molar-refractivity contribution is 7.07. The van der Waals surface area contributed by atoms with Gasteiger partial charge in [0.1, 0.15) is 5.69 Å². The van der Waals surface area contributed by atoms with Gasteiger partial charge in [-0.05, 0) is 0 Å². The zero-order valence-corrected chi connectivity index (χ0v) is 7.04. The molecule has 2 heterocycles. The van der Waals surface area contributed by atoms with Crippen molar-refractivity contribution in [3.8, 4) is 11.5 Å². The Labute approximate surface area is 73.0 Å². The summed E-state index contributed by atoms with van der Waals surface area (Å²) in [5.41, 5.74) is 8.69. The van der Waals surface area contributed by atoms with Crippen LogP contribution < -0.4 is 5.73 Å². The van der Waals surface area contributed by atoms with Crippen molar-refractivity contribution in [1.82, 2.24) is 10.1 Å². The molecular weight excluding hydrogens is 174 g/mol. The summed E-state index contributed by atoms with van der Waals surface area (Å²) >= 11 is 1.52. The molecule has 0 fully saturated rings. The summed E-state index contributed by atoms with van der Waals surface area (Å²) in [6, 6.07) is 1.80. The van der Waals surface area contributed by atoms with Gasteiger partial charge in [-0.3, -0.25) is 0 Å². The Morgan fingerprint density at radius 2 is 2.50 bits per heavy atom. The van der Waals surface area contributed by atoms with Crippen LogP contribution in [-0.4, -0.2) is 10.1 Å². The topological polar surface area (TPSA) is 64.9 Å². The lowest BCUT2D eigenvalue weighted by atomic mass is 10.3. The smallest absolute Gasteiger partial charge is 0.186 e. The monoisotopic (exact) mass is 181 g/mol. The Kier molecular flexibility index (Phi) is 1.89. The summed E-state index contributed by atoms with van der Waals surface area (Å²) in [5, 5.41) is 5.66. The molecule has 0 aliphatic heterocycles. The molecule has 12 heavy (non-hydrogen) atoms. The highest BCUT2D eigenvalue weighted by Gasteiger charge is 2.06. The lowest BCUT2D eigenvalue weighted by Crippen LogP contribution is -1.94. The van der Waals surface area contributed by atoms with E-state index >= 15 is 0 Å². The first kappa shape index (κ1) is 7.45. The van der Waals surface area contributed by atoms with Crippen LogP contribution in [0.15, 0.2) is 21.5 Å². The Balaban J connectivity index is 2.35. The molecule has 0 atom stereocenters. The number of rotatable bonds is 2. The first-order chi connectivity index (χ1) is 5.90. The van der Waals surface area contributed by atoms with Crippen molar-refractivity contribution in [2.24, 2.45) is 5.73 Å². The number of hydrogen-bond donors (Lipinski definition) is 1. The third-order valence-electron chi connectivity index (χ3n) is 1.45. The summed E-state index contributed by atoms with van der Waals surface area (Å²) in [6.45, 7) is 0.396. The molecule has 0 saturated carbocycles. The summed E-state index contributed by atoms with van der Waals surface area (Å²) in [5.74, 6) is 0.678. The number of hydrogen-bond acceptors (Lipinski definition) is 5. The van der Waals surface area contributed by atoms with Crippen molar-refractivity contribution in [3.63, 3.8) is 0 Å². The second kappa shape index (κ2) is 3.04. The molecule has 2 aromatic heterocycles. The van der Waals surface area contributed by atoms with E-state index in [-0.39, 0.29) is 0 Å². The van der Waals surface area contributed by atoms with Crippen LogP contribution in [0.1, 0.15) is 5.69 Å². The quantitative estimate of drug-likeness (QED) is 0.757. The fourth-order valence-corrected chi connectivity index (χ4v) is 1.40. The van der Waals surface area contributed by atoms with Crippen LogP contribution in [0.5, 0.6) is 0 Å². The third kappa shape index (κ3) is 1.24. The maximum atomic E-state index is 5.38. The second-order valence-electron chi connectivity index (χ2n) is 2.26. The molecule has 0 amide bonds. The molecule has 0 unspecified atom stereocenters. The largest absolute Gasteiger partial charge is 0.354 e. The molecule has 0 saturated heterocycles. The molecule has 2 rings (SSSR count). The Bertz CT molecular complexity index is 354. The van der Waals surface area contributed by atoms with Crippen molar-refractivity contribution in [1.29, 1.82) is 0 Å². The van der Waals surface area contributed by atoms with Gasteiger partial charge in [0.15, 0.2) is 5.76 Å². The zero-order chi connectivity index (χ0) is 8.39. The van der Waals surface area contributed by atoms with Crippen molar-refractivity contribution >= 4 is 11.3 Å². The summed E-state index contributed by atoms with van der Waals surface area (Å²) in [4.78, 5) is 4.08. The zero-order valence-electron chi connectivity index (χ0n) is 6.23. The molecule has 2 aromatic rings. The predicted molar refractivity (Wildman–Crippen MR) is 45.5 cm³/mol. The van der Waals surface area contributed by atoms with Gasteiger partial charge >= 0.3 is 0 Å². The van der Waals surface area contributed by atoms with Crippen molar-refractivity contribution in [3.05, 3.63) is 22.7 Å². The Morgan fingerprint density at radius 1 is 1.58 bits per heavy atom. The maximum absolute atomic E-state index is 5.38. The van der Waals surface area contributed by atoms with Gasteiger partial charge in [-0.25, -0.2) is 4.98 Å². The number of nitrogens with zero attached hydrogens (tertiary/aromatic N) is 2. The van der Waals surface area contributed by atoms with Gasteiger partial charge in [0.2, 0.25) is 0 Å². The minimum absolute atomic E-state index is 0.396. The lowest BCUT2D eigenvalue weighted by molar-refractivity contribution is 0.423. The number of nitrogens with two attached hydrogens (primary N) is 1. The average Bonchev–Trinajstić information content (AvgIpc) is 2.75. The molecule has 0 bridgehead atoms. The highest BCUT2D eigenvalue weighted by atomic mass is 32.1. The molecule has 5 heteroatoms. The van der Waals surface area contributed by atoms with Crippen LogP contribution in [0.2, 0.25) is 0 Å². The van der Waals surface area contributed by atoms with E-state index < -0.39 is 0 Å². The summed E-state index contributed by atoms with van der Waals surface area (Å²) < 4.78 is 5.01. The van der Waals surface area contributed by atoms with E-state index in [1.807, 2.05) is 5.38 Å². The van der Waals surface area contributed by atoms with E-state index in [9.17, 15) is 0 Å². The number of thiazole rings is 1. The van der Waals surface area contributed by atoms with Crippen molar-refractivity contribution in [2.75, 3.05) is 0 Å². The van der Waals surface area contributed by atoms with Crippen LogP contribution in [0.25, 0.3) is 11.5 Å². The summed E-state index contributed by atoms with van der Waals surface area (Å²) in [6.07, 6.45) is 0. The van der Waals surface area contributed by atoms with Gasteiger partial charge < -0.3 is 10.3 Å². The molecule has 0 aliphatic carbocycles. The molecule has 0 spiro atoms. The normalized spacial score (nSPS) is 10.4.